The molecule has 0 heterocycles. The number of benzene rings is 4. The first-order valence-corrected chi connectivity index (χ1v) is 14.6. The molecule has 0 unspecified atom stereocenters. The summed E-state index contributed by atoms with van der Waals surface area (Å²) in [5.74, 6) is -1.41. The summed E-state index contributed by atoms with van der Waals surface area (Å²) < 4.78 is 59.5. The fourth-order valence-electron chi connectivity index (χ4n) is 4.23. The molecule has 0 aliphatic heterocycles. The highest BCUT2D eigenvalue weighted by atomic mass is 35.5. The molecular formula is C31H28ClFN2O7S. The number of esters is 1. The number of carbonyl (C=O) groups excluding carboxylic acids is 2. The average Bonchev–Trinajstić information content (AvgIpc) is 3.00. The van der Waals surface area contributed by atoms with Crippen molar-refractivity contribution < 1.29 is 36.6 Å². The number of carbonyl (C=O) groups is 2. The van der Waals surface area contributed by atoms with Gasteiger partial charge < -0.3 is 19.5 Å². The van der Waals surface area contributed by atoms with Gasteiger partial charge in [0.25, 0.3) is 5.91 Å². The van der Waals surface area contributed by atoms with E-state index in [0.717, 1.165) is 18.2 Å². The standard InChI is InChI=1S/C31H28ClFN2O7S/c1-40-28-14-9-21(15-29(28)41-2)19-35(18-20-7-10-22(11-8-20)31(37)42-3)43(38,39)25-12-13-27(33)26(17-25)30(36)34-24-6-4-5-23(32)16-24/h4-17H,18-19H2,1-3H3,(H,34,36). The first kappa shape index (κ1) is 31.5. The van der Waals surface area contributed by atoms with Gasteiger partial charge >= 0.3 is 5.97 Å². The van der Waals surface area contributed by atoms with Gasteiger partial charge in [0.1, 0.15) is 5.82 Å². The number of rotatable bonds is 11. The summed E-state index contributed by atoms with van der Waals surface area (Å²) in [5.41, 5.74) is 1.30. The topological polar surface area (TPSA) is 111 Å². The zero-order chi connectivity index (χ0) is 31.1. The van der Waals surface area contributed by atoms with E-state index in [1.807, 2.05) is 0 Å². The van der Waals surface area contributed by atoms with Crippen molar-refractivity contribution in [2.24, 2.45) is 0 Å². The van der Waals surface area contributed by atoms with E-state index in [1.54, 1.807) is 48.5 Å². The maximum Gasteiger partial charge on any atom is 0.337 e. The number of amides is 1. The Kier molecular flexibility index (Phi) is 10.0. The Morgan fingerprint density at radius 3 is 2.16 bits per heavy atom. The average molecular weight is 627 g/mol. The number of halogens is 2. The molecule has 4 aromatic carbocycles. The van der Waals surface area contributed by atoms with E-state index < -0.39 is 33.3 Å². The smallest absolute Gasteiger partial charge is 0.337 e. The van der Waals surface area contributed by atoms with Crippen molar-refractivity contribution in [1.82, 2.24) is 4.31 Å². The summed E-state index contributed by atoms with van der Waals surface area (Å²) in [5, 5.41) is 2.90. The lowest BCUT2D eigenvalue weighted by molar-refractivity contribution is 0.0600. The van der Waals surface area contributed by atoms with Crippen molar-refractivity contribution in [2.75, 3.05) is 26.6 Å². The molecule has 0 saturated heterocycles. The molecule has 1 amide bonds. The predicted octanol–water partition coefficient (Wildman–Crippen LogP) is 5.93. The van der Waals surface area contributed by atoms with Crippen molar-refractivity contribution >= 4 is 39.2 Å². The van der Waals surface area contributed by atoms with Crippen molar-refractivity contribution in [3.05, 3.63) is 118 Å². The van der Waals surface area contributed by atoms with Crippen molar-refractivity contribution in [3.63, 3.8) is 0 Å². The van der Waals surface area contributed by atoms with Gasteiger partial charge in [-0.15, -0.1) is 0 Å². The molecule has 4 rings (SSSR count). The van der Waals surface area contributed by atoms with Crippen molar-refractivity contribution in [3.8, 4) is 11.5 Å². The van der Waals surface area contributed by atoms with Crippen LogP contribution in [0.25, 0.3) is 0 Å². The van der Waals surface area contributed by atoms with Gasteiger partial charge in [-0.05, 0) is 71.8 Å². The third-order valence-corrected chi connectivity index (χ3v) is 8.47. The fraction of sp³-hybridized carbons (Fsp3) is 0.161. The second-order valence-corrected chi connectivity index (χ2v) is 11.6. The molecule has 1 N–H and O–H groups in total. The first-order valence-electron chi connectivity index (χ1n) is 12.8. The fourth-order valence-corrected chi connectivity index (χ4v) is 5.86. The lowest BCUT2D eigenvalue weighted by Crippen LogP contribution is -2.30. The normalized spacial score (nSPS) is 11.2. The quantitative estimate of drug-likeness (QED) is 0.206. The molecule has 0 saturated carbocycles. The van der Waals surface area contributed by atoms with Gasteiger partial charge in [0.2, 0.25) is 10.0 Å². The van der Waals surface area contributed by atoms with Gasteiger partial charge in [0, 0.05) is 23.8 Å². The second-order valence-electron chi connectivity index (χ2n) is 9.26. The lowest BCUT2D eigenvalue weighted by atomic mass is 10.1. The molecule has 0 radical (unpaired) electrons. The molecule has 9 nitrogen and oxygen atoms in total. The van der Waals surface area contributed by atoms with Crippen LogP contribution >= 0.6 is 11.6 Å². The van der Waals surface area contributed by atoms with Crippen LogP contribution in [0.1, 0.15) is 31.8 Å². The van der Waals surface area contributed by atoms with Crippen LogP contribution in [0.15, 0.2) is 89.8 Å². The number of nitrogens with one attached hydrogen (secondary N) is 1. The Hall–Kier alpha value is -4.45. The highest BCUT2D eigenvalue weighted by Gasteiger charge is 2.28. The summed E-state index contributed by atoms with van der Waals surface area (Å²) in [4.78, 5) is 24.5. The number of sulfonamides is 1. The van der Waals surface area contributed by atoms with Crippen LogP contribution in [0, 0.1) is 5.82 Å². The molecular weight excluding hydrogens is 599 g/mol. The van der Waals surface area contributed by atoms with Crippen LogP contribution in [0.5, 0.6) is 11.5 Å². The first-order chi connectivity index (χ1) is 20.5. The number of hydrogen-bond donors (Lipinski definition) is 1. The highest BCUT2D eigenvalue weighted by molar-refractivity contribution is 7.89. The van der Waals surface area contributed by atoms with Gasteiger partial charge in [-0.25, -0.2) is 17.6 Å². The second kappa shape index (κ2) is 13.7. The van der Waals surface area contributed by atoms with Crippen LogP contribution in [0.4, 0.5) is 10.1 Å². The minimum atomic E-state index is -4.31. The predicted molar refractivity (Wildman–Crippen MR) is 160 cm³/mol. The molecule has 43 heavy (non-hydrogen) atoms. The maximum absolute atomic E-state index is 14.8. The summed E-state index contributed by atoms with van der Waals surface area (Å²) in [6, 6.07) is 20.6. The molecule has 224 valence electrons. The van der Waals surface area contributed by atoms with E-state index in [1.165, 1.54) is 43.8 Å². The minimum Gasteiger partial charge on any atom is -0.493 e. The van der Waals surface area contributed by atoms with Crippen LogP contribution in [0.2, 0.25) is 5.02 Å². The van der Waals surface area contributed by atoms with Gasteiger partial charge in [0.05, 0.1) is 37.4 Å². The van der Waals surface area contributed by atoms with E-state index >= 15 is 0 Å². The molecule has 0 spiro atoms. The molecule has 0 aromatic heterocycles. The molecule has 0 fully saturated rings. The van der Waals surface area contributed by atoms with Crippen LogP contribution in [-0.4, -0.2) is 45.9 Å². The Balaban J connectivity index is 1.71. The van der Waals surface area contributed by atoms with Crippen LogP contribution in [0.3, 0.4) is 0 Å². The molecule has 0 aliphatic carbocycles. The Morgan fingerprint density at radius 2 is 1.51 bits per heavy atom. The SMILES string of the molecule is COC(=O)c1ccc(CN(Cc2ccc(OC)c(OC)c2)S(=O)(=O)c2ccc(F)c(C(=O)Nc3cccc(Cl)c3)c2)cc1. The summed E-state index contributed by atoms with van der Waals surface area (Å²) >= 11 is 5.98. The van der Waals surface area contributed by atoms with E-state index in [-0.39, 0.29) is 18.0 Å². The van der Waals surface area contributed by atoms with E-state index in [0.29, 0.717) is 38.9 Å². The Morgan fingerprint density at radius 1 is 0.837 bits per heavy atom. The number of anilines is 1. The van der Waals surface area contributed by atoms with Gasteiger partial charge in [-0.3, -0.25) is 4.79 Å². The zero-order valence-electron chi connectivity index (χ0n) is 23.5. The zero-order valence-corrected chi connectivity index (χ0v) is 25.0. The number of ether oxygens (including phenoxy) is 3. The van der Waals surface area contributed by atoms with Gasteiger partial charge in [-0.2, -0.15) is 4.31 Å². The van der Waals surface area contributed by atoms with Crippen LogP contribution < -0.4 is 14.8 Å². The van der Waals surface area contributed by atoms with E-state index in [2.05, 4.69) is 5.32 Å². The summed E-state index contributed by atoms with van der Waals surface area (Å²) in [6.45, 7) is -0.220. The Labute approximate surface area is 253 Å². The monoisotopic (exact) mass is 626 g/mol. The van der Waals surface area contributed by atoms with Crippen LogP contribution in [-0.2, 0) is 27.8 Å². The Bertz CT molecular complexity index is 1750. The van der Waals surface area contributed by atoms with Gasteiger partial charge in [-0.1, -0.05) is 35.9 Å². The van der Waals surface area contributed by atoms with Gasteiger partial charge in [0.15, 0.2) is 11.5 Å². The molecule has 0 atom stereocenters. The summed E-state index contributed by atoms with van der Waals surface area (Å²) in [7, 11) is -0.0977. The summed E-state index contributed by atoms with van der Waals surface area (Å²) in [6.07, 6.45) is 0. The third-order valence-electron chi connectivity index (χ3n) is 6.44. The van der Waals surface area contributed by atoms with E-state index in [9.17, 15) is 22.4 Å². The minimum absolute atomic E-state index is 0.108. The number of methoxy groups -OCH3 is 3. The third kappa shape index (κ3) is 7.50. The van der Waals surface area contributed by atoms with Crippen molar-refractivity contribution in [1.29, 1.82) is 0 Å². The molecule has 12 heteroatoms. The number of hydrogen-bond acceptors (Lipinski definition) is 7. The largest absolute Gasteiger partial charge is 0.493 e. The molecule has 4 aromatic rings. The molecule has 0 aliphatic rings. The molecule has 0 bridgehead atoms. The number of nitrogens with zero attached hydrogens (tertiary/aromatic N) is 1. The lowest BCUT2D eigenvalue weighted by Gasteiger charge is -2.23. The van der Waals surface area contributed by atoms with E-state index in [4.69, 9.17) is 25.8 Å². The van der Waals surface area contributed by atoms with Crippen molar-refractivity contribution in [2.45, 2.75) is 18.0 Å². The highest BCUT2D eigenvalue weighted by Crippen LogP contribution is 2.30. The maximum atomic E-state index is 14.8.